The van der Waals surface area contributed by atoms with Crippen LogP contribution in [0.2, 0.25) is 0 Å². The number of nitrogens with zero attached hydrogens (tertiary/aromatic N) is 4. The van der Waals surface area contributed by atoms with Crippen molar-refractivity contribution in [3.63, 3.8) is 0 Å². The minimum Gasteiger partial charge on any atom is -0.495 e. The van der Waals surface area contributed by atoms with Gasteiger partial charge in [0.25, 0.3) is 0 Å². The molecule has 1 aromatic carbocycles. The molecule has 0 amide bonds. The second-order valence-corrected chi connectivity index (χ2v) is 8.44. The molecule has 1 aliphatic rings. The smallest absolute Gasteiger partial charge is 0.209 e. The summed E-state index contributed by atoms with van der Waals surface area (Å²) in [4.78, 5) is 4.70. The predicted molar refractivity (Wildman–Crippen MR) is 98.3 cm³/mol. The zero-order chi connectivity index (χ0) is 16.2. The zero-order valence-electron chi connectivity index (χ0n) is 13.7. The van der Waals surface area contributed by atoms with Crippen LogP contribution in [0, 0.1) is 0 Å². The van der Waals surface area contributed by atoms with Crippen molar-refractivity contribution in [1.82, 2.24) is 10.2 Å². The van der Waals surface area contributed by atoms with Crippen LogP contribution in [0.1, 0.15) is 13.8 Å². The van der Waals surface area contributed by atoms with Crippen LogP contribution in [0.3, 0.4) is 0 Å². The summed E-state index contributed by atoms with van der Waals surface area (Å²) in [6, 6.07) is 8.21. The van der Waals surface area contributed by atoms with E-state index in [0.717, 1.165) is 41.4 Å². The number of hydrogen-bond donors (Lipinski definition) is 0. The van der Waals surface area contributed by atoms with E-state index < -0.39 is 0 Å². The number of benzene rings is 1. The molecule has 23 heavy (non-hydrogen) atoms. The summed E-state index contributed by atoms with van der Waals surface area (Å²) in [6.45, 7) is 8.20. The molecule has 0 saturated carbocycles. The van der Waals surface area contributed by atoms with Crippen molar-refractivity contribution in [2.45, 2.75) is 23.4 Å². The molecule has 0 atom stereocenters. The first-order valence-corrected chi connectivity index (χ1v) is 9.50. The molecule has 0 N–H and O–H groups in total. The van der Waals surface area contributed by atoms with Crippen molar-refractivity contribution < 1.29 is 4.74 Å². The maximum atomic E-state index is 5.47. The largest absolute Gasteiger partial charge is 0.495 e. The number of ether oxygens (including phenoxy) is 1. The van der Waals surface area contributed by atoms with Crippen molar-refractivity contribution in [1.29, 1.82) is 0 Å². The Bertz CT molecular complexity index is 639. The number of para-hydroxylation sites is 2. The molecule has 3 rings (SSSR count). The van der Waals surface area contributed by atoms with Gasteiger partial charge in [0.05, 0.1) is 12.8 Å². The van der Waals surface area contributed by atoms with Crippen molar-refractivity contribution >= 4 is 33.9 Å². The summed E-state index contributed by atoms with van der Waals surface area (Å²) in [6.07, 6.45) is 0. The Hall–Kier alpha value is -1.47. The van der Waals surface area contributed by atoms with Crippen LogP contribution in [-0.2, 0) is 0 Å². The van der Waals surface area contributed by atoms with Gasteiger partial charge in [0.1, 0.15) is 5.75 Å². The molecule has 0 aliphatic carbocycles. The van der Waals surface area contributed by atoms with E-state index in [9.17, 15) is 0 Å². The quantitative estimate of drug-likeness (QED) is 0.770. The van der Waals surface area contributed by atoms with Crippen LogP contribution in [0.25, 0.3) is 0 Å². The summed E-state index contributed by atoms with van der Waals surface area (Å²) < 4.78 is 6.53. The Labute approximate surface area is 145 Å². The molecule has 7 heteroatoms. The van der Waals surface area contributed by atoms with E-state index >= 15 is 0 Å². The second-order valence-electron chi connectivity index (χ2n) is 5.66. The SMILES string of the molecule is COc1ccccc1N1CCN(c2nnc(SC(C)C)s2)CC1. The molecule has 2 aromatic rings. The van der Waals surface area contributed by atoms with E-state index in [1.165, 1.54) is 5.69 Å². The molecule has 1 saturated heterocycles. The van der Waals surface area contributed by atoms with Crippen molar-refractivity contribution in [3.05, 3.63) is 24.3 Å². The average Bonchev–Trinajstić information content (AvgIpc) is 3.02. The van der Waals surface area contributed by atoms with Gasteiger partial charge >= 0.3 is 0 Å². The summed E-state index contributed by atoms with van der Waals surface area (Å²) in [7, 11) is 1.73. The van der Waals surface area contributed by atoms with E-state index in [0.29, 0.717) is 5.25 Å². The van der Waals surface area contributed by atoms with Gasteiger partial charge in [0.15, 0.2) is 4.34 Å². The number of anilines is 2. The maximum absolute atomic E-state index is 5.47. The lowest BCUT2D eigenvalue weighted by atomic mass is 10.2. The third kappa shape index (κ3) is 3.90. The topological polar surface area (TPSA) is 41.5 Å². The molecule has 1 aliphatic heterocycles. The predicted octanol–water partition coefficient (Wildman–Crippen LogP) is 3.37. The van der Waals surface area contributed by atoms with Crippen LogP contribution >= 0.6 is 23.1 Å². The molecule has 1 fully saturated rings. The minimum absolute atomic E-state index is 0.540. The number of aromatic nitrogens is 2. The molecule has 5 nitrogen and oxygen atoms in total. The molecule has 1 aromatic heterocycles. The lowest BCUT2D eigenvalue weighted by Gasteiger charge is -2.36. The van der Waals surface area contributed by atoms with Gasteiger partial charge in [0, 0.05) is 31.4 Å². The van der Waals surface area contributed by atoms with Crippen LogP contribution in [-0.4, -0.2) is 48.7 Å². The third-order valence-electron chi connectivity index (χ3n) is 3.71. The van der Waals surface area contributed by atoms with Crippen LogP contribution in [0.15, 0.2) is 28.6 Å². The fraction of sp³-hybridized carbons (Fsp3) is 0.500. The first kappa shape index (κ1) is 16.4. The van der Waals surface area contributed by atoms with Crippen LogP contribution in [0.5, 0.6) is 5.75 Å². The Morgan fingerprint density at radius 2 is 1.78 bits per heavy atom. The Morgan fingerprint density at radius 3 is 2.48 bits per heavy atom. The summed E-state index contributed by atoms with van der Waals surface area (Å²) in [5, 5.41) is 10.2. The Kier molecular flexibility index (Phi) is 5.27. The maximum Gasteiger partial charge on any atom is 0.209 e. The molecule has 2 heterocycles. The lowest BCUT2D eigenvalue weighted by molar-refractivity contribution is 0.413. The fourth-order valence-corrected chi connectivity index (χ4v) is 4.73. The Morgan fingerprint density at radius 1 is 1.09 bits per heavy atom. The highest BCUT2D eigenvalue weighted by Gasteiger charge is 2.22. The normalized spacial score (nSPS) is 15.3. The zero-order valence-corrected chi connectivity index (χ0v) is 15.4. The molecule has 0 unspecified atom stereocenters. The van der Waals surface area contributed by atoms with Gasteiger partial charge in [0.2, 0.25) is 5.13 Å². The standard InChI is InChI=1S/C16H22N4OS2/c1-12(2)22-16-18-17-15(23-16)20-10-8-19(9-11-20)13-6-4-5-7-14(13)21-3/h4-7,12H,8-11H2,1-3H3. The van der Waals surface area contributed by atoms with E-state index in [4.69, 9.17) is 4.74 Å². The fourth-order valence-electron chi connectivity index (χ4n) is 2.61. The highest BCUT2D eigenvalue weighted by Crippen LogP contribution is 2.32. The van der Waals surface area contributed by atoms with Gasteiger partial charge in [-0.15, -0.1) is 10.2 Å². The lowest BCUT2D eigenvalue weighted by Crippen LogP contribution is -2.46. The monoisotopic (exact) mass is 350 g/mol. The van der Waals surface area contributed by atoms with E-state index in [1.807, 2.05) is 12.1 Å². The number of piperazine rings is 1. The third-order valence-corrected chi connectivity index (χ3v) is 5.78. The highest BCUT2D eigenvalue weighted by atomic mass is 32.2. The Balaban J connectivity index is 1.63. The number of methoxy groups -OCH3 is 1. The van der Waals surface area contributed by atoms with Gasteiger partial charge < -0.3 is 14.5 Å². The molecular formula is C16H22N4OS2. The molecule has 0 radical (unpaired) electrons. The summed E-state index contributed by atoms with van der Waals surface area (Å²) in [5.41, 5.74) is 1.17. The average molecular weight is 351 g/mol. The van der Waals surface area contributed by atoms with Crippen molar-refractivity contribution in [2.24, 2.45) is 0 Å². The molecular weight excluding hydrogens is 328 g/mol. The summed E-state index contributed by atoms with van der Waals surface area (Å²) in [5.74, 6) is 0.937. The number of thioether (sulfide) groups is 1. The number of rotatable bonds is 5. The molecule has 0 bridgehead atoms. The van der Waals surface area contributed by atoms with Gasteiger partial charge in [-0.3, -0.25) is 0 Å². The van der Waals surface area contributed by atoms with E-state index in [-0.39, 0.29) is 0 Å². The van der Waals surface area contributed by atoms with Crippen molar-refractivity contribution in [2.75, 3.05) is 43.1 Å². The second kappa shape index (κ2) is 7.40. The minimum atomic E-state index is 0.540. The first-order chi connectivity index (χ1) is 11.2. The van der Waals surface area contributed by atoms with Crippen molar-refractivity contribution in [3.8, 4) is 5.75 Å². The van der Waals surface area contributed by atoms with E-state index in [2.05, 4.69) is 46.0 Å². The molecule has 0 spiro atoms. The van der Waals surface area contributed by atoms with Gasteiger partial charge in [-0.25, -0.2) is 0 Å². The van der Waals surface area contributed by atoms with Crippen LogP contribution in [0.4, 0.5) is 10.8 Å². The molecule has 124 valence electrons. The van der Waals surface area contributed by atoms with Gasteiger partial charge in [-0.1, -0.05) is 49.1 Å². The van der Waals surface area contributed by atoms with Gasteiger partial charge in [-0.05, 0) is 12.1 Å². The number of hydrogen-bond acceptors (Lipinski definition) is 7. The van der Waals surface area contributed by atoms with Gasteiger partial charge in [-0.2, -0.15) is 0 Å². The van der Waals surface area contributed by atoms with E-state index in [1.54, 1.807) is 30.2 Å². The highest BCUT2D eigenvalue weighted by molar-refractivity contribution is 8.01. The first-order valence-electron chi connectivity index (χ1n) is 7.80. The summed E-state index contributed by atoms with van der Waals surface area (Å²) >= 11 is 3.47. The van der Waals surface area contributed by atoms with Crippen LogP contribution < -0.4 is 14.5 Å².